The maximum Gasteiger partial charge on any atom is 0.208 e. The van der Waals surface area contributed by atoms with Gasteiger partial charge >= 0.3 is 0 Å². The van der Waals surface area contributed by atoms with E-state index < -0.39 is 0 Å². The van der Waals surface area contributed by atoms with Crippen molar-refractivity contribution in [2.45, 2.75) is 13.5 Å². The van der Waals surface area contributed by atoms with E-state index in [1.165, 1.54) is 11.3 Å². The molecule has 0 aliphatic carbocycles. The van der Waals surface area contributed by atoms with E-state index in [0.29, 0.717) is 12.4 Å². The van der Waals surface area contributed by atoms with Crippen LogP contribution in [0.3, 0.4) is 0 Å². The molecule has 0 unspecified atom stereocenters. The molecule has 0 fully saturated rings. The number of nitrogens with zero attached hydrogens (tertiary/aromatic N) is 1. The lowest BCUT2D eigenvalue weighted by atomic mass is 10.3. The van der Waals surface area contributed by atoms with Crippen LogP contribution in [0.25, 0.3) is 10.6 Å². The number of nitrogens with two attached hydrogens (primary N) is 1. The van der Waals surface area contributed by atoms with E-state index in [1.807, 2.05) is 19.1 Å². The third kappa shape index (κ3) is 1.68. The number of aromatic nitrogens is 1. The van der Waals surface area contributed by atoms with Crippen molar-refractivity contribution in [1.29, 1.82) is 0 Å². The van der Waals surface area contributed by atoms with Gasteiger partial charge in [0.15, 0.2) is 0 Å². The summed E-state index contributed by atoms with van der Waals surface area (Å²) in [6, 6.07) is 3.77. The third-order valence-electron chi connectivity index (χ3n) is 1.82. The highest BCUT2D eigenvalue weighted by Gasteiger charge is 2.12. The van der Waals surface area contributed by atoms with Gasteiger partial charge in [-0.05, 0) is 19.1 Å². The summed E-state index contributed by atoms with van der Waals surface area (Å²) in [4.78, 5) is 5.28. The number of hydrogen-bond acceptors (Lipinski definition) is 4. The summed E-state index contributed by atoms with van der Waals surface area (Å²) >= 11 is 7.32. The van der Waals surface area contributed by atoms with Crippen molar-refractivity contribution in [3.8, 4) is 10.6 Å². The third-order valence-corrected chi connectivity index (χ3v) is 3.06. The van der Waals surface area contributed by atoms with Crippen molar-refractivity contribution in [1.82, 2.24) is 4.98 Å². The topological polar surface area (TPSA) is 52.0 Å². The average Bonchev–Trinajstić information content (AvgIpc) is 2.71. The minimum atomic E-state index is 0.319. The molecule has 2 aromatic heterocycles. The molecule has 0 amide bonds. The first-order chi connectivity index (χ1) is 6.70. The SMILES string of the molecule is Cc1oc(CN)nc1-c1ccc(Cl)s1. The predicted octanol–water partition coefficient (Wildman–Crippen LogP) is 2.82. The van der Waals surface area contributed by atoms with E-state index >= 15 is 0 Å². The normalized spacial score (nSPS) is 10.8. The number of rotatable bonds is 2. The monoisotopic (exact) mass is 228 g/mol. The first-order valence-corrected chi connectivity index (χ1v) is 5.32. The lowest BCUT2D eigenvalue weighted by Gasteiger charge is -1.88. The van der Waals surface area contributed by atoms with E-state index in [0.717, 1.165) is 20.7 Å². The smallest absolute Gasteiger partial charge is 0.208 e. The number of aryl methyl sites for hydroxylation is 1. The second-order valence-corrected chi connectivity index (χ2v) is 4.54. The van der Waals surface area contributed by atoms with Crippen molar-refractivity contribution in [2.75, 3.05) is 0 Å². The fourth-order valence-corrected chi connectivity index (χ4v) is 2.29. The van der Waals surface area contributed by atoms with Gasteiger partial charge in [0.25, 0.3) is 0 Å². The minimum absolute atomic E-state index is 0.319. The Kier molecular flexibility index (Phi) is 2.58. The van der Waals surface area contributed by atoms with Crippen molar-refractivity contribution in [3.05, 3.63) is 28.1 Å². The first-order valence-electron chi connectivity index (χ1n) is 4.13. The van der Waals surface area contributed by atoms with E-state index in [9.17, 15) is 0 Å². The molecule has 0 spiro atoms. The molecule has 0 bridgehead atoms. The zero-order valence-corrected chi connectivity index (χ0v) is 9.15. The standard InChI is InChI=1S/C9H9ClN2OS/c1-5-9(12-8(4-11)13-5)6-2-3-7(10)14-6/h2-3H,4,11H2,1H3. The quantitative estimate of drug-likeness (QED) is 0.860. The van der Waals surface area contributed by atoms with Gasteiger partial charge < -0.3 is 10.2 Å². The fraction of sp³-hybridized carbons (Fsp3) is 0.222. The maximum absolute atomic E-state index is 5.84. The van der Waals surface area contributed by atoms with Crippen LogP contribution in [0, 0.1) is 6.92 Å². The van der Waals surface area contributed by atoms with E-state index in [1.54, 1.807) is 0 Å². The fourth-order valence-electron chi connectivity index (χ4n) is 1.21. The Morgan fingerprint density at radius 1 is 1.57 bits per heavy atom. The molecule has 2 heterocycles. The summed E-state index contributed by atoms with van der Waals surface area (Å²) in [6.07, 6.45) is 0. The second-order valence-electron chi connectivity index (χ2n) is 2.82. The van der Waals surface area contributed by atoms with E-state index in [-0.39, 0.29) is 0 Å². The molecule has 0 aromatic carbocycles. The Morgan fingerprint density at radius 3 is 2.86 bits per heavy atom. The minimum Gasteiger partial charge on any atom is -0.444 e. The van der Waals surface area contributed by atoms with Crippen molar-refractivity contribution < 1.29 is 4.42 Å². The van der Waals surface area contributed by atoms with Crippen LogP contribution >= 0.6 is 22.9 Å². The molecule has 2 aromatic rings. The molecule has 2 rings (SSSR count). The van der Waals surface area contributed by atoms with Gasteiger partial charge in [-0.15, -0.1) is 11.3 Å². The van der Waals surface area contributed by atoms with Gasteiger partial charge in [-0.3, -0.25) is 0 Å². The van der Waals surface area contributed by atoms with Crippen molar-refractivity contribution >= 4 is 22.9 Å². The molecule has 0 saturated heterocycles. The van der Waals surface area contributed by atoms with E-state index in [4.69, 9.17) is 21.8 Å². The van der Waals surface area contributed by atoms with E-state index in [2.05, 4.69) is 4.98 Å². The van der Waals surface area contributed by atoms with Gasteiger partial charge in [-0.1, -0.05) is 11.6 Å². The Morgan fingerprint density at radius 2 is 2.36 bits per heavy atom. The second kappa shape index (κ2) is 3.73. The summed E-state index contributed by atoms with van der Waals surface area (Å²) in [5, 5.41) is 0. The average molecular weight is 229 g/mol. The zero-order valence-electron chi connectivity index (χ0n) is 7.58. The Balaban J connectivity index is 2.45. The highest BCUT2D eigenvalue weighted by atomic mass is 35.5. The van der Waals surface area contributed by atoms with Gasteiger partial charge in [-0.25, -0.2) is 4.98 Å². The highest BCUT2D eigenvalue weighted by molar-refractivity contribution is 7.19. The van der Waals surface area contributed by atoms with Gasteiger partial charge in [0.1, 0.15) is 11.5 Å². The molecule has 2 N–H and O–H groups in total. The maximum atomic E-state index is 5.84. The van der Waals surface area contributed by atoms with Gasteiger partial charge in [0.05, 0.1) is 15.8 Å². The van der Waals surface area contributed by atoms with Gasteiger partial charge in [-0.2, -0.15) is 0 Å². The highest BCUT2D eigenvalue weighted by Crippen LogP contribution is 2.32. The number of oxazole rings is 1. The van der Waals surface area contributed by atoms with Crippen LogP contribution < -0.4 is 5.73 Å². The summed E-state index contributed by atoms with van der Waals surface area (Å²) in [7, 11) is 0. The van der Waals surface area contributed by atoms with Crippen molar-refractivity contribution in [2.24, 2.45) is 5.73 Å². The van der Waals surface area contributed by atoms with Crippen LogP contribution in [0.4, 0.5) is 0 Å². The van der Waals surface area contributed by atoms with Crippen LogP contribution in [0.2, 0.25) is 4.34 Å². The molecule has 14 heavy (non-hydrogen) atoms. The lowest BCUT2D eigenvalue weighted by molar-refractivity contribution is 0.474. The van der Waals surface area contributed by atoms with Gasteiger partial charge in [0.2, 0.25) is 5.89 Å². The zero-order chi connectivity index (χ0) is 10.1. The largest absolute Gasteiger partial charge is 0.444 e. The van der Waals surface area contributed by atoms with Crippen LogP contribution in [0.5, 0.6) is 0 Å². The summed E-state index contributed by atoms with van der Waals surface area (Å²) in [6.45, 7) is 2.19. The van der Waals surface area contributed by atoms with Crippen LogP contribution in [-0.2, 0) is 6.54 Å². The Bertz CT molecular complexity index is 449. The molecule has 0 aliphatic rings. The Hall–Kier alpha value is -0.840. The first kappa shape index (κ1) is 9.71. The number of halogens is 1. The summed E-state index contributed by atoms with van der Waals surface area (Å²) in [5.41, 5.74) is 6.27. The molecular formula is C9H9ClN2OS. The molecular weight excluding hydrogens is 220 g/mol. The predicted molar refractivity (Wildman–Crippen MR) is 57.5 cm³/mol. The molecule has 0 radical (unpaired) electrons. The number of hydrogen-bond donors (Lipinski definition) is 1. The molecule has 5 heteroatoms. The summed E-state index contributed by atoms with van der Waals surface area (Å²) < 4.78 is 6.10. The lowest BCUT2D eigenvalue weighted by Crippen LogP contribution is -1.95. The summed E-state index contributed by atoms with van der Waals surface area (Å²) in [5.74, 6) is 1.34. The van der Waals surface area contributed by atoms with Crippen LogP contribution in [-0.4, -0.2) is 4.98 Å². The molecule has 0 atom stereocenters. The molecule has 3 nitrogen and oxygen atoms in total. The van der Waals surface area contributed by atoms with Crippen molar-refractivity contribution in [3.63, 3.8) is 0 Å². The molecule has 0 aliphatic heterocycles. The Labute approximate surface area is 90.5 Å². The van der Waals surface area contributed by atoms with Gasteiger partial charge in [0, 0.05) is 0 Å². The molecule has 0 saturated carbocycles. The number of thiophene rings is 1. The van der Waals surface area contributed by atoms with Crippen LogP contribution in [0.15, 0.2) is 16.5 Å². The van der Waals surface area contributed by atoms with Crippen LogP contribution in [0.1, 0.15) is 11.7 Å². The molecule has 74 valence electrons.